The number of methoxy groups -OCH3 is 1. The molecule has 27 heavy (non-hydrogen) atoms. The number of anilines is 1. The predicted molar refractivity (Wildman–Crippen MR) is 107 cm³/mol. The van der Waals surface area contributed by atoms with Crippen molar-refractivity contribution in [1.29, 1.82) is 0 Å². The highest BCUT2D eigenvalue weighted by atomic mass is 35.5. The number of carbonyl (C=O) groups excluding carboxylic acids is 1. The zero-order chi connectivity index (χ0) is 18.8. The van der Waals surface area contributed by atoms with Gasteiger partial charge in [-0.1, -0.05) is 29.8 Å². The maximum atomic E-state index is 12.6. The number of amides is 1. The second-order valence-corrected chi connectivity index (χ2v) is 6.39. The number of halogens is 1. The zero-order valence-electron chi connectivity index (χ0n) is 14.5. The third kappa shape index (κ3) is 3.50. The fourth-order valence-electron chi connectivity index (χ4n) is 2.82. The minimum atomic E-state index is -0.266. The Morgan fingerprint density at radius 1 is 1.07 bits per heavy atom. The summed E-state index contributed by atoms with van der Waals surface area (Å²) in [7, 11) is 1.56. The van der Waals surface area contributed by atoms with Crippen LogP contribution in [0.15, 0.2) is 66.7 Å². The molecule has 0 unspecified atom stereocenters. The number of benzene rings is 3. The van der Waals surface area contributed by atoms with Crippen LogP contribution in [0.2, 0.25) is 5.02 Å². The number of imidazole rings is 1. The number of ether oxygens (including phenoxy) is 1. The van der Waals surface area contributed by atoms with Gasteiger partial charge in [0.25, 0.3) is 5.91 Å². The Hall–Kier alpha value is -3.31. The Balaban J connectivity index is 1.65. The molecule has 0 saturated carbocycles. The van der Waals surface area contributed by atoms with Crippen LogP contribution < -0.4 is 10.1 Å². The van der Waals surface area contributed by atoms with E-state index in [0.29, 0.717) is 27.8 Å². The number of fused-ring (bicyclic) bond motifs is 1. The number of aromatic nitrogens is 2. The molecule has 0 aliphatic carbocycles. The quantitative estimate of drug-likeness (QED) is 0.517. The van der Waals surface area contributed by atoms with Crippen molar-refractivity contribution >= 4 is 34.2 Å². The first-order chi connectivity index (χ1) is 13.1. The maximum Gasteiger partial charge on any atom is 0.255 e. The summed E-state index contributed by atoms with van der Waals surface area (Å²) in [6.45, 7) is 0. The van der Waals surface area contributed by atoms with Crippen molar-refractivity contribution in [3.05, 3.63) is 77.3 Å². The summed E-state index contributed by atoms with van der Waals surface area (Å²) in [6.07, 6.45) is 0. The fraction of sp³-hybridized carbons (Fsp3) is 0.0476. The highest BCUT2D eigenvalue weighted by Gasteiger charge is 2.12. The van der Waals surface area contributed by atoms with Crippen LogP contribution in [0, 0.1) is 0 Å². The normalized spacial score (nSPS) is 10.7. The van der Waals surface area contributed by atoms with Crippen molar-refractivity contribution in [2.24, 2.45) is 0 Å². The van der Waals surface area contributed by atoms with Gasteiger partial charge in [0, 0.05) is 11.1 Å². The van der Waals surface area contributed by atoms with Crippen molar-refractivity contribution in [1.82, 2.24) is 9.97 Å². The second-order valence-electron chi connectivity index (χ2n) is 5.98. The zero-order valence-corrected chi connectivity index (χ0v) is 15.2. The summed E-state index contributed by atoms with van der Waals surface area (Å²) in [4.78, 5) is 20.4. The Bertz CT molecular complexity index is 1100. The lowest BCUT2D eigenvalue weighted by Gasteiger charge is -2.09. The smallest absolute Gasteiger partial charge is 0.255 e. The molecule has 6 heteroatoms. The van der Waals surface area contributed by atoms with Gasteiger partial charge in [-0.25, -0.2) is 4.98 Å². The van der Waals surface area contributed by atoms with Gasteiger partial charge in [-0.15, -0.1) is 0 Å². The van der Waals surface area contributed by atoms with Gasteiger partial charge in [-0.05, 0) is 48.5 Å². The van der Waals surface area contributed by atoms with Gasteiger partial charge in [0.1, 0.15) is 11.6 Å². The number of aromatic amines is 1. The average molecular weight is 378 g/mol. The standard InChI is InChI=1S/C21H16ClN3O2/c1-27-15-6-4-5-14(11-15)21(26)25-19-12-13(9-10-16(19)22)20-23-17-7-2-3-8-18(17)24-20/h2-12H,1H3,(H,23,24)(H,25,26). The topological polar surface area (TPSA) is 67.0 Å². The number of H-pyrrole nitrogens is 1. The first-order valence-corrected chi connectivity index (χ1v) is 8.72. The molecule has 1 aromatic heterocycles. The van der Waals surface area contributed by atoms with Gasteiger partial charge >= 0.3 is 0 Å². The molecule has 134 valence electrons. The molecule has 5 nitrogen and oxygen atoms in total. The van der Waals surface area contributed by atoms with Gasteiger partial charge in [0.2, 0.25) is 0 Å². The summed E-state index contributed by atoms with van der Waals surface area (Å²) in [5.41, 5.74) is 3.66. The molecule has 1 heterocycles. The van der Waals surface area contributed by atoms with Crippen LogP contribution >= 0.6 is 11.6 Å². The molecule has 1 amide bonds. The minimum Gasteiger partial charge on any atom is -0.497 e. The molecule has 0 aliphatic heterocycles. The van der Waals surface area contributed by atoms with E-state index in [4.69, 9.17) is 16.3 Å². The van der Waals surface area contributed by atoms with Crippen LogP contribution in [0.3, 0.4) is 0 Å². The van der Waals surface area contributed by atoms with Gasteiger partial charge in [0.15, 0.2) is 0 Å². The minimum absolute atomic E-state index is 0.266. The van der Waals surface area contributed by atoms with Crippen molar-refractivity contribution in [2.75, 3.05) is 12.4 Å². The van der Waals surface area contributed by atoms with Gasteiger partial charge in [-0.3, -0.25) is 4.79 Å². The van der Waals surface area contributed by atoms with E-state index in [1.807, 2.05) is 30.3 Å². The van der Waals surface area contributed by atoms with Crippen LogP contribution in [0.5, 0.6) is 5.75 Å². The number of carbonyl (C=O) groups is 1. The number of nitrogens with zero attached hydrogens (tertiary/aromatic N) is 1. The van der Waals surface area contributed by atoms with Crippen LogP contribution in [0.25, 0.3) is 22.4 Å². The highest BCUT2D eigenvalue weighted by molar-refractivity contribution is 6.34. The summed E-state index contributed by atoms with van der Waals surface area (Å²) in [6, 6.07) is 20.1. The SMILES string of the molecule is COc1cccc(C(=O)Nc2cc(-c3nc4ccccc4[nH]3)ccc2Cl)c1. The van der Waals surface area contributed by atoms with Crippen LogP contribution in [-0.2, 0) is 0 Å². The van der Waals surface area contributed by atoms with Crippen molar-refractivity contribution in [3.63, 3.8) is 0 Å². The number of hydrogen-bond acceptors (Lipinski definition) is 3. The van der Waals surface area contributed by atoms with E-state index in [2.05, 4.69) is 15.3 Å². The van der Waals surface area contributed by atoms with Crippen LogP contribution in [0.4, 0.5) is 5.69 Å². The van der Waals surface area contributed by atoms with E-state index < -0.39 is 0 Å². The van der Waals surface area contributed by atoms with Gasteiger partial charge in [0.05, 0.1) is 28.9 Å². The van der Waals surface area contributed by atoms with E-state index in [-0.39, 0.29) is 5.91 Å². The highest BCUT2D eigenvalue weighted by Crippen LogP contribution is 2.29. The molecular weight excluding hydrogens is 362 g/mol. The molecule has 0 bridgehead atoms. The lowest BCUT2D eigenvalue weighted by Crippen LogP contribution is -2.12. The molecule has 0 radical (unpaired) electrons. The first-order valence-electron chi connectivity index (χ1n) is 8.34. The number of hydrogen-bond donors (Lipinski definition) is 2. The van der Waals surface area contributed by atoms with E-state index in [1.165, 1.54) is 0 Å². The molecule has 0 atom stereocenters. The molecule has 4 rings (SSSR count). The van der Waals surface area contributed by atoms with E-state index in [1.54, 1.807) is 43.5 Å². The Kier molecular flexibility index (Phi) is 4.52. The molecule has 2 N–H and O–H groups in total. The lowest BCUT2D eigenvalue weighted by atomic mass is 10.1. The predicted octanol–water partition coefficient (Wildman–Crippen LogP) is 5.14. The van der Waals surface area contributed by atoms with E-state index >= 15 is 0 Å². The monoisotopic (exact) mass is 377 g/mol. The second kappa shape index (κ2) is 7.13. The van der Waals surface area contributed by atoms with E-state index in [9.17, 15) is 4.79 Å². The summed E-state index contributed by atoms with van der Waals surface area (Å²) < 4.78 is 5.17. The number of rotatable bonds is 4. The molecule has 0 aliphatic rings. The Labute approximate surface area is 161 Å². The van der Waals surface area contributed by atoms with Crippen LogP contribution in [-0.4, -0.2) is 23.0 Å². The summed E-state index contributed by atoms with van der Waals surface area (Å²) >= 11 is 6.28. The van der Waals surface area contributed by atoms with Gasteiger partial charge < -0.3 is 15.0 Å². The number of nitrogens with one attached hydrogen (secondary N) is 2. The van der Waals surface area contributed by atoms with E-state index in [0.717, 1.165) is 16.6 Å². The van der Waals surface area contributed by atoms with Crippen LogP contribution in [0.1, 0.15) is 10.4 Å². The third-order valence-corrected chi connectivity index (χ3v) is 4.54. The molecule has 0 spiro atoms. The Morgan fingerprint density at radius 2 is 1.93 bits per heavy atom. The molecule has 0 fully saturated rings. The molecular formula is C21H16ClN3O2. The first kappa shape index (κ1) is 17.1. The lowest BCUT2D eigenvalue weighted by molar-refractivity contribution is 0.102. The molecule has 4 aromatic rings. The third-order valence-electron chi connectivity index (χ3n) is 4.21. The molecule has 3 aromatic carbocycles. The maximum absolute atomic E-state index is 12.6. The molecule has 0 saturated heterocycles. The van der Waals surface area contributed by atoms with Crippen molar-refractivity contribution in [2.45, 2.75) is 0 Å². The summed E-state index contributed by atoms with van der Waals surface area (Å²) in [5, 5.41) is 3.30. The number of para-hydroxylation sites is 2. The fourth-order valence-corrected chi connectivity index (χ4v) is 2.98. The van der Waals surface area contributed by atoms with Gasteiger partial charge in [-0.2, -0.15) is 0 Å². The van der Waals surface area contributed by atoms with Crippen molar-refractivity contribution < 1.29 is 9.53 Å². The Morgan fingerprint density at radius 3 is 2.74 bits per heavy atom. The largest absolute Gasteiger partial charge is 0.497 e. The van der Waals surface area contributed by atoms with Crippen molar-refractivity contribution in [3.8, 4) is 17.1 Å². The average Bonchev–Trinajstić information content (AvgIpc) is 3.14. The summed E-state index contributed by atoms with van der Waals surface area (Å²) in [5.74, 6) is 1.06.